The Morgan fingerprint density at radius 2 is 1.86 bits per heavy atom. The normalized spacial score (nSPS) is 19.9. The monoisotopic (exact) mass is 378 g/mol. The Hall–Kier alpha value is -2.53. The van der Waals surface area contributed by atoms with Crippen molar-refractivity contribution in [1.82, 2.24) is 10.2 Å². The smallest absolute Gasteiger partial charge is 0.221 e. The van der Waals surface area contributed by atoms with Crippen LogP contribution >= 0.6 is 0 Å². The minimum absolute atomic E-state index is 0.131. The number of aryl methyl sites for hydroxylation is 1. The number of hydrogen-bond acceptors (Lipinski definition) is 4. The molecule has 1 aliphatic carbocycles. The van der Waals surface area contributed by atoms with E-state index in [0.717, 1.165) is 57.7 Å². The number of para-hydroxylation sites is 1. The number of benzene rings is 2. The van der Waals surface area contributed by atoms with Crippen molar-refractivity contribution < 1.29 is 4.79 Å². The Bertz CT molecular complexity index is 800. The van der Waals surface area contributed by atoms with Crippen molar-refractivity contribution in [1.29, 1.82) is 0 Å². The van der Waals surface area contributed by atoms with Gasteiger partial charge in [-0.25, -0.2) is 0 Å². The predicted molar refractivity (Wildman–Crippen MR) is 114 cm³/mol. The highest BCUT2D eigenvalue weighted by atomic mass is 16.1. The van der Waals surface area contributed by atoms with Crippen LogP contribution in [-0.4, -0.2) is 43.5 Å². The number of nitrogen functional groups attached to an aromatic ring is 1. The molecule has 0 radical (unpaired) electrons. The number of carbonyl (C=O) groups is 1. The van der Waals surface area contributed by atoms with Crippen molar-refractivity contribution in [3.05, 3.63) is 59.7 Å². The van der Waals surface area contributed by atoms with Gasteiger partial charge in [-0.15, -0.1) is 0 Å². The van der Waals surface area contributed by atoms with Crippen LogP contribution in [0.15, 0.2) is 48.5 Å². The summed E-state index contributed by atoms with van der Waals surface area (Å²) in [6, 6.07) is 16.8. The second-order valence-electron chi connectivity index (χ2n) is 7.88. The number of amides is 1. The van der Waals surface area contributed by atoms with E-state index < -0.39 is 0 Å². The molecule has 0 aromatic heterocycles. The molecule has 1 aliphatic heterocycles. The van der Waals surface area contributed by atoms with Gasteiger partial charge in [-0.05, 0) is 54.7 Å². The summed E-state index contributed by atoms with van der Waals surface area (Å²) < 4.78 is 0. The fourth-order valence-electron chi connectivity index (χ4n) is 4.38. The molecule has 0 saturated carbocycles. The molecule has 2 aromatic carbocycles. The molecule has 4 rings (SSSR count). The molecule has 28 heavy (non-hydrogen) atoms. The highest BCUT2D eigenvalue weighted by molar-refractivity contribution is 5.76. The van der Waals surface area contributed by atoms with E-state index in [1.807, 2.05) is 6.07 Å². The van der Waals surface area contributed by atoms with Gasteiger partial charge in [0.15, 0.2) is 0 Å². The minimum Gasteiger partial charge on any atom is -0.399 e. The van der Waals surface area contributed by atoms with Gasteiger partial charge in [-0.3, -0.25) is 9.69 Å². The molecule has 1 heterocycles. The maximum absolute atomic E-state index is 12.5. The Labute approximate surface area is 167 Å². The van der Waals surface area contributed by atoms with Crippen molar-refractivity contribution in [3.63, 3.8) is 0 Å². The lowest BCUT2D eigenvalue weighted by Gasteiger charge is -2.36. The van der Waals surface area contributed by atoms with E-state index in [2.05, 4.69) is 57.6 Å². The molecule has 3 N–H and O–H groups in total. The van der Waals surface area contributed by atoms with Crippen molar-refractivity contribution in [3.8, 4) is 0 Å². The van der Waals surface area contributed by atoms with Crippen LogP contribution in [0.3, 0.4) is 0 Å². The molecular weight excluding hydrogens is 348 g/mol. The SMILES string of the molecule is Nc1ccc2c(c1)CCCC2NC(=O)CCN1CCN(c2ccccc2)CC1. The van der Waals surface area contributed by atoms with Gasteiger partial charge in [-0.1, -0.05) is 24.3 Å². The van der Waals surface area contributed by atoms with Gasteiger partial charge in [0, 0.05) is 50.5 Å². The first kappa shape index (κ1) is 18.8. The first-order valence-corrected chi connectivity index (χ1v) is 10.4. The standard InChI is InChI=1S/C23H30N4O/c24-19-9-10-21-18(17-19)5-4-8-22(21)25-23(28)11-12-26-13-15-27(16-14-26)20-6-2-1-3-7-20/h1-3,6-7,9-10,17,22H,4-5,8,11-16,24H2,(H,25,28). The van der Waals surface area contributed by atoms with Crippen LogP contribution in [0, 0.1) is 0 Å². The number of rotatable bonds is 5. The quantitative estimate of drug-likeness (QED) is 0.786. The van der Waals surface area contributed by atoms with Crippen LogP contribution in [0.25, 0.3) is 0 Å². The number of fused-ring (bicyclic) bond motifs is 1. The average Bonchev–Trinajstić information content (AvgIpc) is 2.73. The molecule has 0 spiro atoms. The lowest BCUT2D eigenvalue weighted by molar-refractivity contribution is -0.122. The summed E-state index contributed by atoms with van der Waals surface area (Å²) >= 11 is 0. The summed E-state index contributed by atoms with van der Waals surface area (Å²) in [7, 11) is 0. The highest BCUT2D eigenvalue weighted by Gasteiger charge is 2.23. The van der Waals surface area contributed by atoms with E-state index in [1.165, 1.54) is 16.8 Å². The van der Waals surface area contributed by atoms with E-state index in [0.29, 0.717) is 6.42 Å². The van der Waals surface area contributed by atoms with Gasteiger partial charge in [0.05, 0.1) is 6.04 Å². The Balaban J connectivity index is 1.24. The molecule has 1 fully saturated rings. The third-order valence-corrected chi connectivity index (χ3v) is 5.97. The van der Waals surface area contributed by atoms with Gasteiger partial charge in [0.1, 0.15) is 0 Å². The van der Waals surface area contributed by atoms with Crippen LogP contribution in [-0.2, 0) is 11.2 Å². The molecule has 5 heteroatoms. The van der Waals surface area contributed by atoms with Crippen molar-refractivity contribution in [2.75, 3.05) is 43.4 Å². The zero-order valence-corrected chi connectivity index (χ0v) is 16.4. The molecule has 1 saturated heterocycles. The van der Waals surface area contributed by atoms with Gasteiger partial charge in [0.2, 0.25) is 5.91 Å². The van der Waals surface area contributed by atoms with Crippen molar-refractivity contribution in [2.24, 2.45) is 0 Å². The lowest BCUT2D eigenvalue weighted by atomic mass is 9.87. The van der Waals surface area contributed by atoms with Crippen molar-refractivity contribution >= 4 is 17.3 Å². The number of carbonyl (C=O) groups excluding carboxylic acids is 1. The number of nitrogens with one attached hydrogen (secondary N) is 1. The summed E-state index contributed by atoms with van der Waals surface area (Å²) in [6.07, 6.45) is 3.73. The topological polar surface area (TPSA) is 61.6 Å². The molecule has 1 atom stereocenters. The van der Waals surface area contributed by atoms with E-state index in [-0.39, 0.29) is 11.9 Å². The number of nitrogens with two attached hydrogens (primary N) is 1. The molecule has 148 valence electrons. The number of nitrogens with zero attached hydrogens (tertiary/aromatic N) is 2. The van der Waals surface area contributed by atoms with E-state index in [9.17, 15) is 4.79 Å². The maximum atomic E-state index is 12.5. The summed E-state index contributed by atoms with van der Waals surface area (Å²) in [5, 5.41) is 3.25. The molecule has 5 nitrogen and oxygen atoms in total. The summed E-state index contributed by atoms with van der Waals surface area (Å²) in [5.74, 6) is 0.153. The second-order valence-corrected chi connectivity index (χ2v) is 7.88. The van der Waals surface area contributed by atoms with Crippen LogP contribution in [0.5, 0.6) is 0 Å². The number of anilines is 2. The molecular formula is C23H30N4O. The van der Waals surface area contributed by atoms with Crippen LogP contribution in [0.2, 0.25) is 0 Å². The van der Waals surface area contributed by atoms with E-state index in [4.69, 9.17) is 5.73 Å². The Morgan fingerprint density at radius 3 is 2.64 bits per heavy atom. The fraction of sp³-hybridized carbons (Fsp3) is 0.435. The molecule has 2 aliphatic rings. The Kier molecular flexibility index (Phi) is 5.81. The average molecular weight is 379 g/mol. The first-order chi connectivity index (χ1) is 13.7. The Morgan fingerprint density at radius 1 is 1.07 bits per heavy atom. The van der Waals surface area contributed by atoms with Crippen LogP contribution in [0.1, 0.15) is 36.4 Å². The lowest BCUT2D eigenvalue weighted by Crippen LogP contribution is -2.47. The van der Waals surface area contributed by atoms with Gasteiger partial charge >= 0.3 is 0 Å². The number of piperazine rings is 1. The summed E-state index contributed by atoms with van der Waals surface area (Å²) in [6.45, 7) is 4.88. The van der Waals surface area contributed by atoms with Gasteiger partial charge in [-0.2, -0.15) is 0 Å². The van der Waals surface area contributed by atoms with E-state index >= 15 is 0 Å². The third kappa shape index (κ3) is 4.47. The maximum Gasteiger partial charge on any atom is 0.221 e. The minimum atomic E-state index is 0.131. The van der Waals surface area contributed by atoms with Gasteiger partial charge in [0.25, 0.3) is 0 Å². The third-order valence-electron chi connectivity index (χ3n) is 5.97. The highest BCUT2D eigenvalue weighted by Crippen LogP contribution is 2.31. The fourth-order valence-corrected chi connectivity index (χ4v) is 4.38. The number of hydrogen-bond donors (Lipinski definition) is 2. The molecule has 1 amide bonds. The van der Waals surface area contributed by atoms with Gasteiger partial charge < -0.3 is 16.0 Å². The van der Waals surface area contributed by atoms with Crippen molar-refractivity contribution in [2.45, 2.75) is 31.7 Å². The molecule has 1 unspecified atom stereocenters. The first-order valence-electron chi connectivity index (χ1n) is 10.4. The largest absolute Gasteiger partial charge is 0.399 e. The molecule has 2 aromatic rings. The summed E-state index contributed by atoms with van der Waals surface area (Å²) in [5.41, 5.74) is 10.5. The van der Waals surface area contributed by atoms with E-state index in [1.54, 1.807) is 0 Å². The second kappa shape index (κ2) is 8.65. The zero-order chi connectivity index (χ0) is 19.3. The van der Waals surface area contributed by atoms with Crippen LogP contribution in [0.4, 0.5) is 11.4 Å². The predicted octanol–water partition coefficient (Wildman–Crippen LogP) is 2.97. The summed E-state index contributed by atoms with van der Waals surface area (Å²) in [4.78, 5) is 17.4. The zero-order valence-electron chi connectivity index (χ0n) is 16.4. The van der Waals surface area contributed by atoms with Crippen LogP contribution < -0.4 is 16.0 Å². The molecule has 0 bridgehead atoms.